The number of rotatable bonds is 4. The topological polar surface area (TPSA) is 15.3 Å². The van der Waals surface area contributed by atoms with Gasteiger partial charge in [-0.2, -0.15) is 0 Å². The van der Waals surface area contributed by atoms with Crippen LogP contribution in [0, 0.1) is 0 Å². The number of nitrogens with one attached hydrogen (secondary N) is 1. The molecule has 1 aliphatic rings. The molecule has 0 aliphatic carbocycles. The third-order valence-corrected chi connectivity index (χ3v) is 3.47. The predicted octanol–water partition coefficient (Wildman–Crippen LogP) is 2.25. The van der Waals surface area contributed by atoms with Gasteiger partial charge in [0, 0.05) is 18.6 Å². The van der Waals surface area contributed by atoms with E-state index in [1.807, 2.05) is 0 Å². The molecule has 2 nitrogen and oxygen atoms in total. The van der Waals surface area contributed by atoms with E-state index in [1.165, 1.54) is 45.2 Å². The molecule has 0 radical (unpaired) electrons. The lowest BCUT2D eigenvalue weighted by Gasteiger charge is -2.31. The lowest BCUT2D eigenvalue weighted by molar-refractivity contribution is 0.180. The lowest BCUT2D eigenvalue weighted by Crippen LogP contribution is -2.42. The molecule has 1 rings (SSSR count). The van der Waals surface area contributed by atoms with Crippen molar-refractivity contribution in [3.63, 3.8) is 0 Å². The fraction of sp³-hybridized carbons (Fsp3) is 1.00. The molecule has 1 fully saturated rings. The standard InChI is InChI=1S/C12H26N2/c1-4-12-8-6-5-7-9-14(12)10-11(2)13-3/h11-13H,4-10H2,1-3H3. The largest absolute Gasteiger partial charge is 0.316 e. The van der Waals surface area contributed by atoms with Crippen molar-refractivity contribution in [2.24, 2.45) is 0 Å². The molecular formula is C12H26N2. The second-order valence-corrected chi connectivity index (χ2v) is 4.60. The Morgan fingerprint density at radius 2 is 2.14 bits per heavy atom. The van der Waals surface area contributed by atoms with Gasteiger partial charge in [0.05, 0.1) is 0 Å². The highest BCUT2D eigenvalue weighted by Crippen LogP contribution is 2.18. The van der Waals surface area contributed by atoms with Crippen molar-refractivity contribution in [2.45, 2.75) is 58.0 Å². The Balaban J connectivity index is 2.43. The molecule has 1 saturated heterocycles. The fourth-order valence-corrected chi connectivity index (χ4v) is 2.38. The van der Waals surface area contributed by atoms with Gasteiger partial charge in [-0.05, 0) is 39.8 Å². The van der Waals surface area contributed by atoms with Gasteiger partial charge in [0.25, 0.3) is 0 Å². The first-order chi connectivity index (χ1) is 6.77. The van der Waals surface area contributed by atoms with Gasteiger partial charge in [-0.1, -0.05) is 19.8 Å². The first-order valence-corrected chi connectivity index (χ1v) is 6.19. The molecule has 1 N–H and O–H groups in total. The summed E-state index contributed by atoms with van der Waals surface area (Å²) in [5.41, 5.74) is 0. The molecule has 0 saturated carbocycles. The number of likely N-dealkylation sites (N-methyl/N-ethyl adjacent to an activating group) is 1. The molecule has 84 valence electrons. The van der Waals surface area contributed by atoms with Crippen LogP contribution in [0.15, 0.2) is 0 Å². The molecule has 14 heavy (non-hydrogen) atoms. The highest BCUT2D eigenvalue weighted by molar-refractivity contribution is 4.77. The Bertz CT molecular complexity index is 147. The van der Waals surface area contributed by atoms with E-state index in [9.17, 15) is 0 Å². The monoisotopic (exact) mass is 198 g/mol. The molecule has 0 aromatic carbocycles. The van der Waals surface area contributed by atoms with Gasteiger partial charge in [0.1, 0.15) is 0 Å². The molecule has 2 heteroatoms. The molecule has 0 aromatic rings. The molecule has 0 spiro atoms. The van der Waals surface area contributed by atoms with Crippen molar-refractivity contribution in [2.75, 3.05) is 20.1 Å². The zero-order chi connectivity index (χ0) is 10.4. The first-order valence-electron chi connectivity index (χ1n) is 6.19. The number of nitrogens with zero attached hydrogens (tertiary/aromatic N) is 1. The van der Waals surface area contributed by atoms with Gasteiger partial charge in [-0.15, -0.1) is 0 Å². The van der Waals surface area contributed by atoms with Crippen molar-refractivity contribution in [1.82, 2.24) is 10.2 Å². The van der Waals surface area contributed by atoms with E-state index in [0.717, 1.165) is 6.04 Å². The predicted molar refractivity (Wildman–Crippen MR) is 62.6 cm³/mol. The number of hydrogen-bond acceptors (Lipinski definition) is 2. The molecule has 0 bridgehead atoms. The summed E-state index contributed by atoms with van der Waals surface area (Å²) in [6.07, 6.45) is 6.99. The van der Waals surface area contributed by atoms with E-state index >= 15 is 0 Å². The zero-order valence-electron chi connectivity index (χ0n) is 10.1. The van der Waals surface area contributed by atoms with E-state index in [4.69, 9.17) is 0 Å². The lowest BCUT2D eigenvalue weighted by atomic mass is 10.1. The summed E-state index contributed by atoms with van der Waals surface area (Å²) in [6, 6.07) is 1.47. The zero-order valence-corrected chi connectivity index (χ0v) is 10.1. The highest BCUT2D eigenvalue weighted by atomic mass is 15.2. The summed E-state index contributed by atoms with van der Waals surface area (Å²) in [5.74, 6) is 0. The molecule has 2 unspecified atom stereocenters. The van der Waals surface area contributed by atoms with Gasteiger partial charge >= 0.3 is 0 Å². The average molecular weight is 198 g/mol. The summed E-state index contributed by atoms with van der Waals surface area (Å²) in [7, 11) is 2.06. The molecule has 0 amide bonds. The maximum atomic E-state index is 3.34. The van der Waals surface area contributed by atoms with Crippen LogP contribution in [0.5, 0.6) is 0 Å². The van der Waals surface area contributed by atoms with Crippen molar-refractivity contribution < 1.29 is 0 Å². The van der Waals surface area contributed by atoms with Crippen LogP contribution in [0.3, 0.4) is 0 Å². The number of likely N-dealkylation sites (tertiary alicyclic amines) is 1. The fourth-order valence-electron chi connectivity index (χ4n) is 2.38. The van der Waals surface area contributed by atoms with Crippen LogP contribution in [0.2, 0.25) is 0 Å². The van der Waals surface area contributed by atoms with Gasteiger partial charge in [-0.25, -0.2) is 0 Å². The van der Waals surface area contributed by atoms with Crippen molar-refractivity contribution in [3.05, 3.63) is 0 Å². The molecule has 2 atom stereocenters. The Morgan fingerprint density at radius 3 is 2.79 bits per heavy atom. The minimum atomic E-state index is 0.627. The third kappa shape index (κ3) is 3.58. The van der Waals surface area contributed by atoms with Crippen molar-refractivity contribution >= 4 is 0 Å². The maximum absolute atomic E-state index is 3.34. The Hall–Kier alpha value is -0.0800. The summed E-state index contributed by atoms with van der Waals surface area (Å²) in [5, 5.41) is 3.34. The SMILES string of the molecule is CCC1CCCCCN1CC(C)NC. The Morgan fingerprint density at radius 1 is 1.36 bits per heavy atom. The maximum Gasteiger partial charge on any atom is 0.0163 e. The molecule has 1 aliphatic heterocycles. The summed E-state index contributed by atoms with van der Waals surface area (Å²) in [6.45, 7) is 7.13. The van der Waals surface area contributed by atoms with Crippen molar-refractivity contribution in [3.8, 4) is 0 Å². The second-order valence-electron chi connectivity index (χ2n) is 4.60. The normalized spacial score (nSPS) is 27.2. The molecular weight excluding hydrogens is 172 g/mol. The smallest absolute Gasteiger partial charge is 0.0163 e. The van der Waals surface area contributed by atoms with Gasteiger partial charge in [0.2, 0.25) is 0 Å². The summed E-state index contributed by atoms with van der Waals surface area (Å²) >= 11 is 0. The third-order valence-electron chi connectivity index (χ3n) is 3.47. The minimum absolute atomic E-state index is 0.627. The molecule has 0 aromatic heterocycles. The average Bonchev–Trinajstić information content (AvgIpc) is 2.42. The summed E-state index contributed by atoms with van der Waals surface area (Å²) < 4.78 is 0. The van der Waals surface area contributed by atoms with Crippen molar-refractivity contribution in [1.29, 1.82) is 0 Å². The van der Waals surface area contributed by atoms with Crippen LogP contribution < -0.4 is 5.32 Å². The van der Waals surface area contributed by atoms with Crippen LogP contribution >= 0.6 is 0 Å². The van der Waals surface area contributed by atoms with Gasteiger partial charge < -0.3 is 5.32 Å². The number of hydrogen-bond donors (Lipinski definition) is 1. The van der Waals surface area contributed by atoms with E-state index in [2.05, 4.69) is 31.1 Å². The quantitative estimate of drug-likeness (QED) is 0.745. The molecule has 1 heterocycles. The van der Waals surface area contributed by atoms with E-state index < -0.39 is 0 Å². The van der Waals surface area contributed by atoms with E-state index in [1.54, 1.807) is 0 Å². The van der Waals surface area contributed by atoms with Gasteiger partial charge in [0.15, 0.2) is 0 Å². The van der Waals surface area contributed by atoms with E-state index in [0.29, 0.717) is 6.04 Å². The minimum Gasteiger partial charge on any atom is -0.316 e. The summed E-state index contributed by atoms with van der Waals surface area (Å²) in [4.78, 5) is 2.69. The van der Waals surface area contributed by atoms with Crippen LogP contribution in [0.25, 0.3) is 0 Å². The van der Waals surface area contributed by atoms with Crippen LogP contribution in [-0.4, -0.2) is 37.1 Å². The Kier molecular flexibility index (Phi) is 5.49. The second kappa shape index (κ2) is 6.41. The highest BCUT2D eigenvalue weighted by Gasteiger charge is 2.20. The first kappa shape index (κ1) is 12.0. The van der Waals surface area contributed by atoms with E-state index in [-0.39, 0.29) is 0 Å². The van der Waals surface area contributed by atoms with Crippen LogP contribution in [0.1, 0.15) is 46.0 Å². The Labute approximate surface area is 89.1 Å². The van der Waals surface area contributed by atoms with Gasteiger partial charge in [-0.3, -0.25) is 4.90 Å². The van der Waals surface area contributed by atoms with Crippen LogP contribution in [-0.2, 0) is 0 Å². The van der Waals surface area contributed by atoms with Crippen LogP contribution in [0.4, 0.5) is 0 Å².